The van der Waals surface area contributed by atoms with Crippen LogP contribution in [0.25, 0.3) is 0 Å². The SMILES string of the molecule is CCOC1(C(=O)C2CCCCC2CC)CCCCCC1. The molecule has 0 aliphatic heterocycles. The highest BCUT2D eigenvalue weighted by Gasteiger charge is 2.44. The van der Waals surface area contributed by atoms with Gasteiger partial charge in [-0.2, -0.15) is 0 Å². The van der Waals surface area contributed by atoms with Crippen molar-refractivity contribution in [2.45, 2.75) is 90.1 Å². The molecule has 0 bridgehead atoms. The molecule has 2 atom stereocenters. The molecule has 2 aliphatic rings. The summed E-state index contributed by atoms with van der Waals surface area (Å²) in [7, 11) is 0. The van der Waals surface area contributed by atoms with Gasteiger partial charge in [0.05, 0.1) is 0 Å². The van der Waals surface area contributed by atoms with Crippen LogP contribution in [0.15, 0.2) is 0 Å². The molecule has 2 aliphatic carbocycles. The van der Waals surface area contributed by atoms with Gasteiger partial charge in [0.2, 0.25) is 0 Å². The highest BCUT2D eigenvalue weighted by Crippen LogP contribution is 2.40. The zero-order valence-electron chi connectivity index (χ0n) is 13.5. The van der Waals surface area contributed by atoms with Crippen LogP contribution in [0.1, 0.15) is 84.5 Å². The van der Waals surface area contributed by atoms with Crippen LogP contribution < -0.4 is 0 Å². The Kier molecular flexibility index (Phi) is 6.07. The molecule has 0 N–H and O–H groups in total. The quantitative estimate of drug-likeness (QED) is 0.669. The second-order valence-corrected chi connectivity index (χ2v) is 6.77. The lowest BCUT2D eigenvalue weighted by Gasteiger charge is -2.39. The number of rotatable bonds is 5. The first-order valence-electron chi connectivity index (χ1n) is 8.91. The van der Waals surface area contributed by atoms with Gasteiger partial charge in [-0.3, -0.25) is 4.79 Å². The fourth-order valence-corrected chi connectivity index (χ4v) is 4.42. The van der Waals surface area contributed by atoms with E-state index in [9.17, 15) is 4.79 Å². The molecule has 2 rings (SSSR count). The number of ether oxygens (including phenoxy) is 1. The Morgan fingerprint density at radius 2 is 1.65 bits per heavy atom. The average Bonchev–Trinajstić information content (AvgIpc) is 2.73. The molecule has 116 valence electrons. The van der Waals surface area contributed by atoms with E-state index in [4.69, 9.17) is 4.74 Å². The van der Waals surface area contributed by atoms with Crippen molar-refractivity contribution in [2.24, 2.45) is 11.8 Å². The van der Waals surface area contributed by atoms with E-state index in [1.54, 1.807) is 0 Å². The second kappa shape index (κ2) is 7.59. The minimum Gasteiger partial charge on any atom is -0.367 e. The molecule has 0 aromatic rings. The van der Waals surface area contributed by atoms with Crippen LogP contribution in [0.2, 0.25) is 0 Å². The van der Waals surface area contributed by atoms with E-state index >= 15 is 0 Å². The Morgan fingerprint density at radius 3 is 2.25 bits per heavy atom. The van der Waals surface area contributed by atoms with Gasteiger partial charge in [-0.05, 0) is 38.5 Å². The van der Waals surface area contributed by atoms with E-state index in [0.717, 1.165) is 38.5 Å². The predicted octanol–water partition coefficient (Wildman–Crippen LogP) is 4.90. The molecule has 0 radical (unpaired) electrons. The van der Waals surface area contributed by atoms with Crippen molar-refractivity contribution in [2.75, 3.05) is 6.61 Å². The third-order valence-corrected chi connectivity index (χ3v) is 5.55. The van der Waals surface area contributed by atoms with Crippen molar-refractivity contribution in [3.8, 4) is 0 Å². The molecule has 2 fully saturated rings. The first kappa shape index (κ1) is 16.0. The lowest BCUT2D eigenvalue weighted by atomic mass is 9.70. The van der Waals surface area contributed by atoms with Crippen LogP contribution in [-0.4, -0.2) is 18.0 Å². The molecular formula is C18H32O2. The minimum atomic E-state index is -0.430. The van der Waals surface area contributed by atoms with E-state index in [0.29, 0.717) is 18.3 Å². The Morgan fingerprint density at radius 1 is 1.00 bits per heavy atom. The van der Waals surface area contributed by atoms with Gasteiger partial charge >= 0.3 is 0 Å². The lowest BCUT2D eigenvalue weighted by Crippen LogP contribution is -2.47. The van der Waals surface area contributed by atoms with Crippen molar-refractivity contribution >= 4 is 5.78 Å². The summed E-state index contributed by atoms with van der Waals surface area (Å²) in [6.45, 7) is 4.96. The Balaban J connectivity index is 2.16. The maximum Gasteiger partial charge on any atom is 0.167 e. The number of hydrogen-bond donors (Lipinski definition) is 0. The number of ketones is 1. The van der Waals surface area contributed by atoms with Gasteiger partial charge in [0.1, 0.15) is 5.60 Å². The average molecular weight is 280 g/mol. The predicted molar refractivity (Wildman–Crippen MR) is 82.8 cm³/mol. The van der Waals surface area contributed by atoms with Crippen LogP contribution in [0.3, 0.4) is 0 Å². The first-order chi connectivity index (χ1) is 9.73. The molecule has 2 saturated carbocycles. The van der Waals surface area contributed by atoms with Crippen LogP contribution in [0, 0.1) is 11.8 Å². The normalized spacial score (nSPS) is 30.7. The fourth-order valence-electron chi connectivity index (χ4n) is 4.42. The third-order valence-electron chi connectivity index (χ3n) is 5.55. The maximum atomic E-state index is 13.3. The largest absolute Gasteiger partial charge is 0.367 e. The number of Topliss-reactive ketones (excluding diaryl/α,β-unsaturated/α-hetero) is 1. The van der Waals surface area contributed by atoms with Gasteiger partial charge in [0.25, 0.3) is 0 Å². The van der Waals surface area contributed by atoms with Crippen molar-refractivity contribution in [1.82, 2.24) is 0 Å². The van der Waals surface area contributed by atoms with Crippen molar-refractivity contribution in [1.29, 1.82) is 0 Å². The Bertz CT molecular complexity index is 303. The van der Waals surface area contributed by atoms with E-state index in [2.05, 4.69) is 6.92 Å². The van der Waals surface area contributed by atoms with Gasteiger partial charge in [0, 0.05) is 12.5 Å². The molecule has 20 heavy (non-hydrogen) atoms. The summed E-state index contributed by atoms with van der Waals surface area (Å²) in [5.41, 5.74) is -0.430. The molecule has 2 heteroatoms. The van der Waals surface area contributed by atoms with E-state index in [1.165, 1.54) is 32.1 Å². The van der Waals surface area contributed by atoms with E-state index in [-0.39, 0.29) is 5.92 Å². The molecule has 2 unspecified atom stereocenters. The first-order valence-corrected chi connectivity index (χ1v) is 8.91. The van der Waals surface area contributed by atoms with Gasteiger partial charge in [-0.15, -0.1) is 0 Å². The van der Waals surface area contributed by atoms with Crippen molar-refractivity contribution in [3.63, 3.8) is 0 Å². The smallest absolute Gasteiger partial charge is 0.167 e. The fraction of sp³-hybridized carbons (Fsp3) is 0.944. The molecule has 0 aromatic carbocycles. The zero-order chi connectivity index (χ0) is 14.4. The molecule has 0 heterocycles. The third kappa shape index (κ3) is 3.44. The number of carbonyl (C=O) groups is 1. The summed E-state index contributed by atoms with van der Waals surface area (Å²) in [6.07, 6.45) is 12.8. The molecule has 0 saturated heterocycles. The summed E-state index contributed by atoms with van der Waals surface area (Å²) in [5.74, 6) is 1.35. The molecule has 0 amide bonds. The summed E-state index contributed by atoms with van der Waals surface area (Å²) >= 11 is 0. The Labute approximate surface area is 124 Å². The number of carbonyl (C=O) groups excluding carboxylic acids is 1. The molecule has 2 nitrogen and oxygen atoms in total. The summed E-state index contributed by atoms with van der Waals surface area (Å²) in [5, 5.41) is 0. The maximum absolute atomic E-state index is 13.3. The van der Waals surface area contributed by atoms with Gasteiger partial charge in [-0.25, -0.2) is 0 Å². The highest BCUT2D eigenvalue weighted by atomic mass is 16.5. The van der Waals surface area contributed by atoms with Crippen LogP contribution in [0.5, 0.6) is 0 Å². The van der Waals surface area contributed by atoms with Crippen LogP contribution in [-0.2, 0) is 9.53 Å². The summed E-state index contributed by atoms with van der Waals surface area (Å²) in [6, 6.07) is 0. The van der Waals surface area contributed by atoms with Crippen LogP contribution in [0.4, 0.5) is 0 Å². The van der Waals surface area contributed by atoms with Gasteiger partial charge in [-0.1, -0.05) is 51.9 Å². The standard InChI is InChI=1S/C18H32O2/c1-3-15-11-7-8-12-16(15)17(19)18(20-4-2)13-9-5-6-10-14-18/h15-16H,3-14H2,1-2H3. The summed E-state index contributed by atoms with van der Waals surface area (Å²) < 4.78 is 6.11. The highest BCUT2D eigenvalue weighted by molar-refractivity contribution is 5.89. The lowest BCUT2D eigenvalue weighted by molar-refractivity contribution is -0.153. The number of hydrogen-bond acceptors (Lipinski definition) is 2. The monoisotopic (exact) mass is 280 g/mol. The van der Waals surface area contributed by atoms with Gasteiger partial charge < -0.3 is 4.74 Å². The molecule has 0 spiro atoms. The molecule has 0 aromatic heterocycles. The summed E-state index contributed by atoms with van der Waals surface area (Å²) in [4.78, 5) is 13.3. The van der Waals surface area contributed by atoms with E-state index in [1.807, 2.05) is 6.92 Å². The molecular weight excluding hydrogens is 248 g/mol. The Hall–Kier alpha value is -0.370. The van der Waals surface area contributed by atoms with Crippen molar-refractivity contribution in [3.05, 3.63) is 0 Å². The zero-order valence-corrected chi connectivity index (χ0v) is 13.5. The second-order valence-electron chi connectivity index (χ2n) is 6.77. The van der Waals surface area contributed by atoms with E-state index < -0.39 is 5.60 Å². The van der Waals surface area contributed by atoms with Gasteiger partial charge in [0.15, 0.2) is 5.78 Å². The van der Waals surface area contributed by atoms with Crippen LogP contribution >= 0.6 is 0 Å². The van der Waals surface area contributed by atoms with Crippen molar-refractivity contribution < 1.29 is 9.53 Å². The minimum absolute atomic E-state index is 0.276. The topological polar surface area (TPSA) is 26.3 Å².